The molecule has 12 atom stereocenters. The topological polar surface area (TPSA) is 66.2 Å². The molecule has 4 saturated carbocycles. The summed E-state index contributed by atoms with van der Waals surface area (Å²) in [6.45, 7) is 14.9. The maximum atomic E-state index is 9.79. The molecule has 0 saturated heterocycles. The smallest absolute Gasteiger partial charge is 0.423 e. The molecule has 6 unspecified atom stereocenters. The van der Waals surface area contributed by atoms with E-state index in [-0.39, 0.29) is 20.3 Å². The molecule has 58 heavy (non-hydrogen) atoms. The Morgan fingerprint density at radius 3 is 1.59 bits per heavy atom. The van der Waals surface area contributed by atoms with Gasteiger partial charge in [-0.25, -0.2) is 0 Å². The van der Waals surface area contributed by atoms with Gasteiger partial charge in [0.1, 0.15) is 0 Å². The van der Waals surface area contributed by atoms with E-state index >= 15 is 0 Å². The van der Waals surface area contributed by atoms with Crippen LogP contribution in [0, 0.1) is 69.0 Å². The van der Waals surface area contributed by atoms with Crippen LogP contribution in [0.3, 0.4) is 0 Å². The van der Waals surface area contributed by atoms with Gasteiger partial charge in [-0.2, -0.15) is 0 Å². The molecule has 0 amide bonds. The largest absolute Gasteiger partial charge is 0.484 e. The lowest BCUT2D eigenvalue weighted by molar-refractivity contribution is -0.0192. The van der Waals surface area contributed by atoms with Gasteiger partial charge >= 0.3 is 7.12 Å². The molecule has 0 aliphatic heterocycles. The number of halogens is 1. The molecule has 2 aromatic rings. The van der Waals surface area contributed by atoms with Crippen molar-refractivity contribution >= 4 is 28.6 Å². The number of allylic oxidation sites excluding steroid dienone is 8. The van der Waals surface area contributed by atoms with E-state index in [1.54, 1.807) is 23.5 Å². The lowest BCUT2D eigenvalue weighted by Crippen LogP contribution is -2.50. The normalized spacial score (nSPS) is 40.3. The maximum Gasteiger partial charge on any atom is 0.484 e. The van der Waals surface area contributed by atoms with E-state index in [1.807, 2.05) is 23.9 Å². The van der Waals surface area contributed by atoms with Gasteiger partial charge in [0.25, 0.3) is 0 Å². The van der Waals surface area contributed by atoms with Crippen LogP contribution in [0.1, 0.15) is 152 Å². The minimum atomic E-state index is -1.26. The SMILES string of the molecule is Brc1cccnc1.C.C.C[C@H]1CC[C@@]2(C)C(=CCC3C2CC[C@]2(C)C(B(O)O)=CCC32)C1.C[C@H]1CC[C@@]2(C)C(=CCC3C2CC[C@]2(C)C(c4cccnc4)=CCC32)C1. The van der Waals surface area contributed by atoms with Gasteiger partial charge in [-0.3, -0.25) is 9.97 Å². The molecule has 4 nitrogen and oxygen atoms in total. The van der Waals surface area contributed by atoms with Crippen molar-refractivity contribution in [2.24, 2.45) is 69.0 Å². The summed E-state index contributed by atoms with van der Waals surface area (Å²) in [4.78, 5) is 8.24. The third-order valence-electron chi connectivity index (χ3n) is 17.8. The molecule has 6 heteroatoms. The summed E-state index contributed by atoms with van der Waals surface area (Å²) in [6.07, 6.45) is 35.7. The van der Waals surface area contributed by atoms with Crippen LogP contribution in [0.2, 0.25) is 0 Å². The maximum absolute atomic E-state index is 9.79. The van der Waals surface area contributed by atoms with Crippen LogP contribution in [0.25, 0.3) is 5.57 Å². The lowest BCUT2D eigenvalue weighted by Gasteiger charge is -2.58. The molecule has 4 fully saturated rings. The summed E-state index contributed by atoms with van der Waals surface area (Å²) in [5.74, 6) is 6.49. The zero-order valence-corrected chi connectivity index (χ0v) is 36.8. The van der Waals surface area contributed by atoms with Gasteiger partial charge in [0, 0.05) is 29.3 Å². The van der Waals surface area contributed by atoms with Gasteiger partial charge in [-0.05, 0) is 210 Å². The summed E-state index contributed by atoms with van der Waals surface area (Å²) in [5.41, 5.74) is 8.69. The van der Waals surface area contributed by atoms with Gasteiger partial charge in [0.05, 0.1) is 0 Å². The highest BCUT2D eigenvalue weighted by Gasteiger charge is 2.59. The fourth-order valence-electron chi connectivity index (χ4n) is 14.6. The standard InChI is InChI=1S/C25H33N.C20H31BO2.C5H4BrN.2CH4/c1-17-10-12-24(2)19(15-17)6-7-20-22-9-8-21(18-5-4-14-26-16-18)25(22,3)13-11-23(20)24;1-13-8-10-19(2)14(12-13)4-5-15-16-6-7-18(21(22)23)20(16,3)11-9-17(15)19;6-5-2-1-3-7-4-5;;/h4-6,8,14,16-17,20,22-23H,7,9-13,15H2,1-3H3;4,7,13,15-17,22-23H,5-6,8-12H2,1-3H3;1-4H;2*1H4/t17-,20?,22?,23?,24-,25+;13-,15?,16?,17?,19-,20-;;;/m00.../s1. The van der Waals surface area contributed by atoms with E-state index in [2.05, 4.69) is 110 Å². The van der Waals surface area contributed by atoms with Crippen LogP contribution < -0.4 is 0 Å². The van der Waals surface area contributed by atoms with Crippen LogP contribution >= 0.6 is 15.9 Å². The quantitative estimate of drug-likeness (QED) is 0.233. The van der Waals surface area contributed by atoms with Crippen molar-refractivity contribution in [2.75, 3.05) is 0 Å². The van der Waals surface area contributed by atoms with E-state index in [1.165, 1.54) is 82.6 Å². The second-order valence-corrected chi connectivity index (χ2v) is 21.6. The Kier molecular flexibility index (Phi) is 13.7. The molecule has 0 spiro atoms. The van der Waals surface area contributed by atoms with Gasteiger partial charge in [0.2, 0.25) is 0 Å². The zero-order valence-electron chi connectivity index (χ0n) is 35.2. The highest BCUT2D eigenvalue weighted by atomic mass is 79.9. The van der Waals surface area contributed by atoms with Gasteiger partial charge in [-0.15, -0.1) is 0 Å². The fourth-order valence-corrected chi connectivity index (χ4v) is 14.8. The minimum Gasteiger partial charge on any atom is -0.423 e. The first-order valence-corrected chi connectivity index (χ1v) is 23.2. The first kappa shape index (κ1) is 45.3. The lowest BCUT2D eigenvalue weighted by atomic mass is 9.45. The fraction of sp³-hybridized carbons (Fsp3) is 0.654. The molecule has 0 aromatic carbocycles. The van der Waals surface area contributed by atoms with Gasteiger partial charge in [-0.1, -0.05) is 97.9 Å². The number of nitrogens with zero attached hydrogens (tertiary/aromatic N) is 2. The van der Waals surface area contributed by atoms with Crippen LogP contribution in [-0.4, -0.2) is 27.1 Å². The molecule has 2 heterocycles. The van der Waals surface area contributed by atoms with Gasteiger partial charge < -0.3 is 10.0 Å². The van der Waals surface area contributed by atoms with Crippen molar-refractivity contribution in [3.63, 3.8) is 0 Å². The van der Waals surface area contributed by atoms with E-state index < -0.39 is 7.12 Å². The number of hydrogen-bond donors (Lipinski definition) is 2. The van der Waals surface area contributed by atoms with Crippen molar-refractivity contribution < 1.29 is 10.0 Å². The average molecular weight is 852 g/mol. The molecule has 0 radical (unpaired) electrons. The summed E-state index contributed by atoms with van der Waals surface area (Å²) in [6, 6.07) is 8.18. The van der Waals surface area contributed by atoms with Crippen molar-refractivity contribution in [3.8, 4) is 0 Å². The second-order valence-electron chi connectivity index (χ2n) is 20.7. The third kappa shape index (κ3) is 7.87. The number of fused-ring (bicyclic) bond motifs is 10. The van der Waals surface area contributed by atoms with Crippen LogP contribution in [0.5, 0.6) is 0 Å². The first-order chi connectivity index (χ1) is 26.8. The predicted molar refractivity (Wildman–Crippen MR) is 248 cm³/mol. The summed E-state index contributed by atoms with van der Waals surface area (Å²) >= 11 is 3.25. The summed E-state index contributed by atoms with van der Waals surface area (Å²) in [7, 11) is -1.26. The zero-order chi connectivity index (χ0) is 39.5. The van der Waals surface area contributed by atoms with E-state index in [0.717, 1.165) is 64.2 Å². The number of rotatable bonds is 2. The molecule has 316 valence electrons. The number of hydrogen-bond acceptors (Lipinski definition) is 4. The van der Waals surface area contributed by atoms with Crippen molar-refractivity contribution in [2.45, 2.75) is 146 Å². The van der Waals surface area contributed by atoms with Crippen molar-refractivity contribution in [3.05, 3.63) is 100 Å². The Morgan fingerprint density at radius 1 is 0.603 bits per heavy atom. The molecule has 2 aromatic heterocycles. The Balaban J connectivity index is 0.000000164. The Labute approximate surface area is 362 Å². The Morgan fingerprint density at radius 2 is 1.10 bits per heavy atom. The molecule has 10 rings (SSSR count). The third-order valence-corrected chi connectivity index (χ3v) is 18.3. The first-order valence-electron chi connectivity index (χ1n) is 22.4. The van der Waals surface area contributed by atoms with E-state index in [0.29, 0.717) is 22.2 Å². The van der Waals surface area contributed by atoms with Crippen LogP contribution in [-0.2, 0) is 0 Å². The summed E-state index contributed by atoms with van der Waals surface area (Å²) in [5, 5.41) is 19.6. The van der Waals surface area contributed by atoms with E-state index in [9.17, 15) is 10.0 Å². The molecule has 8 aliphatic carbocycles. The highest BCUT2D eigenvalue weighted by molar-refractivity contribution is 9.10. The second kappa shape index (κ2) is 17.6. The van der Waals surface area contributed by atoms with Crippen LogP contribution in [0.4, 0.5) is 0 Å². The Hall–Kier alpha value is -2.28. The Bertz CT molecular complexity index is 1860. The van der Waals surface area contributed by atoms with Crippen LogP contribution in [0.15, 0.2) is 94.4 Å². The molecular weight excluding hydrogens is 775 g/mol. The monoisotopic (exact) mass is 851 g/mol. The molecule has 2 N–H and O–H groups in total. The average Bonchev–Trinajstić information content (AvgIpc) is 3.74. The van der Waals surface area contributed by atoms with Crippen molar-refractivity contribution in [1.82, 2.24) is 9.97 Å². The predicted octanol–water partition coefficient (Wildman–Crippen LogP) is 13.9. The number of aromatic nitrogens is 2. The van der Waals surface area contributed by atoms with Gasteiger partial charge in [0.15, 0.2) is 0 Å². The van der Waals surface area contributed by atoms with Crippen molar-refractivity contribution in [1.29, 1.82) is 0 Å². The molecule has 0 bridgehead atoms. The minimum absolute atomic E-state index is 0. The molecule has 8 aliphatic rings. The van der Waals surface area contributed by atoms with E-state index in [4.69, 9.17) is 0 Å². The summed E-state index contributed by atoms with van der Waals surface area (Å²) < 4.78 is 1.02. The highest BCUT2D eigenvalue weighted by Crippen LogP contribution is 2.67. The molecular formula is C52H76BBrN2O2. The number of pyridine rings is 2.